The fraction of sp³-hybridized carbons (Fsp3) is 0.688. The summed E-state index contributed by atoms with van der Waals surface area (Å²) in [5.74, 6) is 0.696. The van der Waals surface area contributed by atoms with Crippen LogP contribution in [0.3, 0.4) is 0 Å². The van der Waals surface area contributed by atoms with E-state index in [0.717, 1.165) is 43.4 Å². The number of aromatic nitrogens is 2. The van der Waals surface area contributed by atoms with Crippen molar-refractivity contribution in [2.45, 2.75) is 67.8 Å². The number of aryl methyl sites for hydroxylation is 1. The molecule has 2 aliphatic carbocycles. The number of hydrogen-bond acceptors (Lipinski definition) is 4. The van der Waals surface area contributed by atoms with Crippen LogP contribution in [0.5, 0.6) is 0 Å². The van der Waals surface area contributed by atoms with E-state index in [0.29, 0.717) is 17.1 Å². The molecule has 5 nitrogen and oxygen atoms in total. The van der Waals surface area contributed by atoms with Crippen molar-refractivity contribution in [3.8, 4) is 0 Å². The van der Waals surface area contributed by atoms with Crippen molar-refractivity contribution in [3.05, 3.63) is 21.6 Å². The lowest BCUT2D eigenvalue weighted by molar-refractivity contribution is -0.124. The number of hydrogen-bond donors (Lipinski definition) is 2. The largest absolute Gasteiger partial charge is 0.352 e. The van der Waals surface area contributed by atoms with Gasteiger partial charge in [0.2, 0.25) is 5.91 Å². The fourth-order valence-corrected chi connectivity index (χ4v) is 5.15. The van der Waals surface area contributed by atoms with Gasteiger partial charge in [0.1, 0.15) is 0 Å². The average Bonchev–Trinajstić information content (AvgIpc) is 2.97. The maximum atomic E-state index is 12.3. The summed E-state index contributed by atoms with van der Waals surface area (Å²) in [6.07, 6.45) is 8.43. The highest BCUT2D eigenvalue weighted by molar-refractivity contribution is 8.00. The Morgan fingerprint density at radius 1 is 1.09 bits per heavy atom. The highest BCUT2D eigenvalue weighted by atomic mass is 32.2. The van der Waals surface area contributed by atoms with Crippen LogP contribution in [0.1, 0.15) is 49.8 Å². The van der Waals surface area contributed by atoms with Crippen molar-refractivity contribution < 1.29 is 4.79 Å². The molecule has 2 heterocycles. The number of rotatable bonds is 2. The standard InChI is InChI=1S/C16H21N3O2S/c20-14-10-5-3-7-12(10)18-16(19-14)22-13-8-9-4-1-2-6-11(9)17-15(13)21/h9,11,13H,1-8H2,(H,17,21)(H,18,19,20). The predicted octanol–water partition coefficient (Wildman–Crippen LogP) is 1.80. The monoisotopic (exact) mass is 319 g/mol. The van der Waals surface area contributed by atoms with Crippen LogP contribution < -0.4 is 10.9 Å². The van der Waals surface area contributed by atoms with Gasteiger partial charge in [0.25, 0.3) is 5.56 Å². The topological polar surface area (TPSA) is 74.8 Å². The van der Waals surface area contributed by atoms with Crippen LogP contribution in [-0.4, -0.2) is 27.2 Å². The minimum absolute atomic E-state index is 0.0169. The Bertz CT molecular complexity index is 657. The summed E-state index contributed by atoms with van der Waals surface area (Å²) in [5.41, 5.74) is 1.75. The molecule has 1 aliphatic heterocycles. The summed E-state index contributed by atoms with van der Waals surface area (Å²) in [4.78, 5) is 31.8. The van der Waals surface area contributed by atoms with Crippen molar-refractivity contribution >= 4 is 17.7 Å². The Kier molecular flexibility index (Phi) is 3.72. The maximum absolute atomic E-state index is 12.3. The molecule has 118 valence electrons. The third-order valence-electron chi connectivity index (χ3n) is 5.22. The van der Waals surface area contributed by atoms with Crippen molar-refractivity contribution in [3.63, 3.8) is 0 Å². The third-order valence-corrected chi connectivity index (χ3v) is 6.33. The summed E-state index contributed by atoms with van der Waals surface area (Å²) < 4.78 is 0. The number of nitrogens with one attached hydrogen (secondary N) is 2. The minimum Gasteiger partial charge on any atom is -0.352 e. The van der Waals surface area contributed by atoms with Gasteiger partial charge in [-0.2, -0.15) is 0 Å². The number of amides is 1. The van der Waals surface area contributed by atoms with E-state index in [-0.39, 0.29) is 16.7 Å². The van der Waals surface area contributed by atoms with Crippen molar-refractivity contribution in [2.24, 2.45) is 5.92 Å². The molecular weight excluding hydrogens is 298 g/mol. The highest BCUT2D eigenvalue weighted by Crippen LogP contribution is 2.36. The zero-order valence-electron chi connectivity index (χ0n) is 12.6. The van der Waals surface area contributed by atoms with Crippen molar-refractivity contribution in [1.29, 1.82) is 0 Å². The van der Waals surface area contributed by atoms with E-state index in [1.807, 2.05) is 0 Å². The van der Waals surface area contributed by atoms with E-state index >= 15 is 0 Å². The van der Waals surface area contributed by atoms with Crippen LogP contribution >= 0.6 is 11.8 Å². The molecule has 2 N–H and O–H groups in total. The van der Waals surface area contributed by atoms with Gasteiger partial charge in [0, 0.05) is 11.6 Å². The van der Waals surface area contributed by atoms with E-state index in [2.05, 4.69) is 15.3 Å². The molecule has 2 fully saturated rings. The number of nitrogens with zero attached hydrogens (tertiary/aromatic N) is 1. The van der Waals surface area contributed by atoms with Gasteiger partial charge in [-0.3, -0.25) is 9.59 Å². The predicted molar refractivity (Wildman–Crippen MR) is 85.0 cm³/mol. The minimum atomic E-state index is -0.123. The van der Waals surface area contributed by atoms with Crippen molar-refractivity contribution in [2.75, 3.05) is 0 Å². The average molecular weight is 319 g/mol. The van der Waals surface area contributed by atoms with Crippen LogP contribution in [-0.2, 0) is 17.6 Å². The molecule has 1 aromatic rings. The van der Waals surface area contributed by atoms with Gasteiger partial charge in [-0.25, -0.2) is 4.98 Å². The van der Waals surface area contributed by atoms with Gasteiger partial charge >= 0.3 is 0 Å². The summed E-state index contributed by atoms with van der Waals surface area (Å²) in [6.45, 7) is 0. The van der Waals surface area contributed by atoms with Crippen LogP contribution in [0.25, 0.3) is 0 Å². The normalized spacial score (nSPS) is 30.5. The number of thioether (sulfide) groups is 1. The molecule has 1 saturated carbocycles. The molecule has 0 aromatic carbocycles. The molecule has 1 saturated heterocycles. The second-order valence-electron chi connectivity index (χ2n) is 6.65. The van der Waals surface area contributed by atoms with Crippen LogP contribution in [0, 0.1) is 5.92 Å². The van der Waals surface area contributed by atoms with Crippen LogP contribution in [0.2, 0.25) is 0 Å². The molecule has 0 bridgehead atoms. The zero-order chi connectivity index (χ0) is 15.1. The Morgan fingerprint density at radius 2 is 1.95 bits per heavy atom. The Hall–Kier alpha value is -1.30. The van der Waals surface area contributed by atoms with E-state index < -0.39 is 0 Å². The molecular formula is C16H21N3O2S. The van der Waals surface area contributed by atoms with Crippen LogP contribution in [0.4, 0.5) is 0 Å². The zero-order valence-corrected chi connectivity index (χ0v) is 13.4. The maximum Gasteiger partial charge on any atom is 0.254 e. The molecule has 3 aliphatic rings. The first-order chi connectivity index (χ1) is 10.7. The van der Waals surface area contributed by atoms with Gasteiger partial charge < -0.3 is 10.3 Å². The Balaban J connectivity index is 1.52. The molecule has 3 atom stereocenters. The second-order valence-corrected chi connectivity index (χ2v) is 7.84. The first-order valence-corrected chi connectivity index (χ1v) is 9.18. The molecule has 4 rings (SSSR count). The number of H-pyrrole nitrogens is 1. The lowest BCUT2D eigenvalue weighted by atomic mass is 9.79. The van der Waals surface area contributed by atoms with Crippen molar-refractivity contribution in [1.82, 2.24) is 15.3 Å². The Labute approximate surface area is 133 Å². The number of carbonyl (C=O) groups excluding carboxylic acids is 1. The van der Waals surface area contributed by atoms with Crippen LogP contribution in [0.15, 0.2) is 9.95 Å². The SMILES string of the molecule is O=C1NC2CCCCC2CC1Sc1nc2c(c(=O)[nH]1)CCC2. The first-order valence-electron chi connectivity index (χ1n) is 8.30. The lowest BCUT2D eigenvalue weighted by Crippen LogP contribution is -2.51. The molecule has 1 aromatic heterocycles. The Morgan fingerprint density at radius 3 is 2.86 bits per heavy atom. The number of carbonyl (C=O) groups is 1. The smallest absolute Gasteiger partial charge is 0.254 e. The van der Waals surface area contributed by atoms with Gasteiger partial charge in [-0.05, 0) is 44.4 Å². The van der Waals surface area contributed by atoms with Gasteiger partial charge in [-0.1, -0.05) is 24.6 Å². The van der Waals surface area contributed by atoms with E-state index in [1.165, 1.54) is 31.0 Å². The summed E-state index contributed by atoms with van der Waals surface area (Å²) in [5, 5.41) is 3.66. The summed E-state index contributed by atoms with van der Waals surface area (Å²) in [6, 6.07) is 0.366. The van der Waals surface area contributed by atoms with E-state index in [4.69, 9.17) is 0 Å². The van der Waals surface area contributed by atoms with Gasteiger partial charge in [0.05, 0.1) is 10.9 Å². The molecule has 22 heavy (non-hydrogen) atoms. The summed E-state index contributed by atoms with van der Waals surface area (Å²) >= 11 is 1.43. The second kappa shape index (κ2) is 5.72. The summed E-state index contributed by atoms with van der Waals surface area (Å²) in [7, 11) is 0. The molecule has 0 radical (unpaired) electrons. The molecule has 0 spiro atoms. The fourth-order valence-electron chi connectivity index (χ4n) is 4.05. The van der Waals surface area contributed by atoms with Gasteiger partial charge in [0.15, 0.2) is 5.16 Å². The highest BCUT2D eigenvalue weighted by Gasteiger charge is 2.37. The van der Waals surface area contributed by atoms with E-state index in [9.17, 15) is 9.59 Å². The first kappa shape index (κ1) is 14.3. The molecule has 6 heteroatoms. The van der Waals surface area contributed by atoms with Gasteiger partial charge in [-0.15, -0.1) is 0 Å². The molecule has 3 unspecified atom stereocenters. The van der Waals surface area contributed by atoms with E-state index in [1.54, 1.807) is 0 Å². The number of fused-ring (bicyclic) bond motifs is 2. The third kappa shape index (κ3) is 2.57. The molecule has 1 amide bonds. The quantitative estimate of drug-likeness (QED) is 0.815. The lowest BCUT2D eigenvalue weighted by Gasteiger charge is -2.39. The number of aromatic amines is 1. The number of piperidine rings is 1.